The molecule has 1 atom stereocenters. The molecule has 0 saturated carbocycles. The van der Waals surface area contributed by atoms with E-state index in [0.29, 0.717) is 43.5 Å². The molecule has 4 aromatic rings. The Morgan fingerprint density at radius 3 is 2.31 bits per heavy atom. The summed E-state index contributed by atoms with van der Waals surface area (Å²) < 4.78 is 18.2. The van der Waals surface area contributed by atoms with Crippen LogP contribution in [0.5, 0.6) is 17.2 Å². The molecule has 8 nitrogen and oxygen atoms in total. The number of nitrogens with zero attached hydrogens (tertiary/aromatic N) is 2. The van der Waals surface area contributed by atoms with E-state index >= 15 is 0 Å². The van der Waals surface area contributed by atoms with E-state index in [2.05, 4.69) is 5.32 Å². The Hall–Kier alpha value is -4.63. The molecule has 39 heavy (non-hydrogen) atoms. The number of carbonyl (C=O) groups is 1. The average molecular weight is 542 g/mol. The summed E-state index contributed by atoms with van der Waals surface area (Å²) >= 11 is 1.26. The van der Waals surface area contributed by atoms with Gasteiger partial charge in [-0.05, 0) is 55.0 Å². The van der Waals surface area contributed by atoms with Gasteiger partial charge in [0.1, 0.15) is 17.2 Å². The number of hydrogen-bond donors (Lipinski definition) is 1. The number of allylic oxidation sites excluding steroid dienone is 1. The third kappa shape index (κ3) is 5.08. The molecular weight excluding hydrogens is 514 g/mol. The Bertz CT molecular complexity index is 1740. The van der Waals surface area contributed by atoms with Gasteiger partial charge in [0.25, 0.3) is 11.5 Å². The predicted molar refractivity (Wildman–Crippen MR) is 151 cm³/mol. The predicted octanol–water partition coefficient (Wildman–Crippen LogP) is 3.90. The molecular formula is C30H27N3O5S. The maximum atomic E-state index is 13.9. The summed E-state index contributed by atoms with van der Waals surface area (Å²) in [5.74, 6) is 1.57. The lowest BCUT2D eigenvalue weighted by atomic mass is 9.95. The molecule has 198 valence electrons. The fraction of sp³-hybridized carbons (Fsp3) is 0.167. The number of anilines is 1. The largest absolute Gasteiger partial charge is 0.497 e. The molecule has 1 aromatic heterocycles. The minimum Gasteiger partial charge on any atom is -0.497 e. The van der Waals surface area contributed by atoms with Gasteiger partial charge in [-0.3, -0.25) is 14.2 Å². The zero-order chi connectivity index (χ0) is 27.5. The number of rotatable bonds is 7. The number of hydrogen-bond acceptors (Lipinski definition) is 7. The zero-order valence-electron chi connectivity index (χ0n) is 21.9. The monoisotopic (exact) mass is 541 g/mol. The number of carbonyl (C=O) groups excluding carboxylic acids is 1. The van der Waals surface area contributed by atoms with Crippen LogP contribution in [0.1, 0.15) is 24.1 Å². The second-order valence-electron chi connectivity index (χ2n) is 8.78. The summed E-state index contributed by atoms with van der Waals surface area (Å²) in [6, 6.07) is 21.3. The standard InChI is InChI=1S/C30H27N3O5S/c1-18-26(28(34)32-21-8-6-5-7-9-21)27(19-10-13-22(36-2)14-11-19)33-29(35)25(39-30(33)31-18)16-20-12-15-23(37-3)17-24(20)38-4/h5-17,27H,1-4H3,(H,32,34)/b25-16+/t27-/m0/s1. The molecule has 5 rings (SSSR count). The van der Waals surface area contributed by atoms with Crippen molar-refractivity contribution in [3.63, 3.8) is 0 Å². The van der Waals surface area contributed by atoms with Crippen molar-refractivity contribution in [2.24, 2.45) is 4.99 Å². The van der Waals surface area contributed by atoms with Gasteiger partial charge in [0, 0.05) is 17.3 Å². The summed E-state index contributed by atoms with van der Waals surface area (Å²) in [7, 11) is 4.74. The Kier molecular flexibility index (Phi) is 7.33. The number of benzene rings is 3. The zero-order valence-corrected chi connectivity index (χ0v) is 22.7. The van der Waals surface area contributed by atoms with Crippen LogP contribution in [-0.2, 0) is 4.79 Å². The Morgan fingerprint density at radius 1 is 0.949 bits per heavy atom. The number of thiazole rings is 1. The topological polar surface area (TPSA) is 91.2 Å². The third-order valence-corrected chi connectivity index (χ3v) is 7.44. The van der Waals surface area contributed by atoms with Gasteiger partial charge in [0.15, 0.2) is 4.80 Å². The lowest BCUT2D eigenvalue weighted by Crippen LogP contribution is -2.40. The van der Waals surface area contributed by atoms with Crippen LogP contribution in [-0.4, -0.2) is 31.8 Å². The van der Waals surface area contributed by atoms with Gasteiger partial charge in [0.05, 0.1) is 43.2 Å². The number of nitrogens with one attached hydrogen (secondary N) is 1. The van der Waals surface area contributed by atoms with Crippen molar-refractivity contribution in [3.05, 3.63) is 115 Å². The molecule has 0 saturated heterocycles. The van der Waals surface area contributed by atoms with E-state index in [1.165, 1.54) is 11.3 Å². The fourth-order valence-corrected chi connectivity index (χ4v) is 5.55. The molecule has 3 aromatic carbocycles. The highest BCUT2D eigenvalue weighted by Gasteiger charge is 2.32. The van der Waals surface area contributed by atoms with Crippen LogP contribution in [0.3, 0.4) is 0 Å². The van der Waals surface area contributed by atoms with Crippen molar-refractivity contribution in [3.8, 4) is 17.2 Å². The Balaban J connectivity index is 1.67. The van der Waals surface area contributed by atoms with E-state index < -0.39 is 6.04 Å². The molecule has 0 bridgehead atoms. The smallest absolute Gasteiger partial charge is 0.271 e. The highest BCUT2D eigenvalue weighted by molar-refractivity contribution is 7.07. The van der Waals surface area contributed by atoms with Crippen LogP contribution in [0, 0.1) is 0 Å². The van der Waals surface area contributed by atoms with E-state index in [0.717, 1.165) is 11.1 Å². The summed E-state index contributed by atoms with van der Waals surface area (Å²) in [6.07, 6.45) is 1.77. The lowest BCUT2D eigenvalue weighted by Gasteiger charge is -2.25. The molecule has 0 unspecified atom stereocenters. The minimum absolute atomic E-state index is 0.255. The number of amides is 1. The van der Waals surface area contributed by atoms with Gasteiger partial charge in [-0.15, -0.1) is 0 Å². The van der Waals surface area contributed by atoms with Crippen molar-refractivity contribution in [1.82, 2.24) is 4.57 Å². The van der Waals surface area contributed by atoms with Gasteiger partial charge in [-0.2, -0.15) is 0 Å². The van der Waals surface area contributed by atoms with E-state index in [4.69, 9.17) is 19.2 Å². The van der Waals surface area contributed by atoms with Crippen molar-refractivity contribution in [2.45, 2.75) is 13.0 Å². The molecule has 0 spiro atoms. The normalized spacial score (nSPS) is 14.9. The second-order valence-corrected chi connectivity index (χ2v) is 9.79. The van der Waals surface area contributed by atoms with Crippen LogP contribution in [0.4, 0.5) is 5.69 Å². The Labute approximate surface area is 229 Å². The first-order valence-corrected chi connectivity index (χ1v) is 13.0. The van der Waals surface area contributed by atoms with Gasteiger partial charge in [-0.25, -0.2) is 4.99 Å². The van der Waals surface area contributed by atoms with Crippen molar-refractivity contribution >= 4 is 29.0 Å². The maximum Gasteiger partial charge on any atom is 0.271 e. The SMILES string of the molecule is COc1ccc([C@H]2C(C(=O)Nc3ccccc3)=C(C)N=c3s/c(=C/c4ccc(OC)cc4OC)c(=O)n32)cc1. The molecule has 0 aliphatic carbocycles. The Morgan fingerprint density at radius 2 is 1.64 bits per heavy atom. The second kappa shape index (κ2) is 11.0. The van der Waals surface area contributed by atoms with Gasteiger partial charge in [0.2, 0.25) is 0 Å². The fourth-order valence-electron chi connectivity index (χ4n) is 4.51. The third-order valence-electron chi connectivity index (χ3n) is 6.46. The van der Waals surface area contributed by atoms with Crippen LogP contribution in [0.15, 0.2) is 93.9 Å². The molecule has 9 heteroatoms. The molecule has 0 fully saturated rings. The summed E-state index contributed by atoms with van der Waals surface area (Å²) in [6.45, 7) is 1.79. The van der Waals surface area contributed by atoms with Gasteiger partial charge < -0.3 is 19.5 Å². The quantitative estimate of drug-likeness (QED) is 0.383. The molecule has 1 aliphatic heterocycles. The highest BCUT2D eigenvalue weighted by Crippen LogP contribution is 2.32. The minimum atomic E-state index is -0.684. The first-order valence-electron chi connectivity index (χ1n) is 12.2. The molecule has 2 heterocycles. The van der Waals surface area contributed by atoms with Crippen molar-refractivity contribution < 1.29 is 19.0 Å². The highest BCUT2D eigenvalue weighted by atomic mass is 32.1. The lowest BCUT2D eigenvalue weighted by molar-refractivity contribution is -0.113. The van der Waals surface area contributed by atoms with E-state index in [-0.39, 0.29) is 11.5 Å². The molecule has 0 radical (unpaired) electrons. The number of fused-ring (bicyclic) bond motifs is 1. The van der Waals surface area contributed by atoms with Crippen LogP contribution < -0.4 is 34.4 Å². The number of aromatic nitrogens is 1. The van der Waals surface area contributed by atoms with Crippen molar-refractivity contribution in [1.29, 1.82) is 0 Å². The molecule has 1 aliphatic rings. The van der Waals surface area contributed by atoms with Gasteiger partial charge in [-0.1, -0.05) is 41.7 Å². The number of para-hydroxylation sites is 1. The van der Waals surface area contributed by atoms with E-state index in [1.54, 1.807) is 45.0 Å². The first kappa shape index (κ1) is 26.0. The van der Waals surface area contributed by atoms with Crippen molar-refractivity contribution in [2.75, 3.05) is 26.6 Å². The number of methoxy groups -OCH3 is 3. The molecule has 1 amide bonds. The van der Waals surface area contributed by atoms with Crippen LogP contribution in [0.25, 0.3) is 6.08 Å². The van der Waals surface area contributed by atoms with Crippen LogP contribution >= 0.6 is 11.3 Å². The van der Waals surface area contributed by atoms with E-state index in [9.17, 15) is 9.59 Å². The maximum absolute atomic E-state index is 13.9. The van der Waals surface area contributed by atoms with Gasteiger partial charge >= 0.3 is 0 Å². The summed E-state index contributed by atoms with van der Waals surface area (Å²) in [5, 5.41) is 2.96. The first-order chi connectivity index (χ1) is 18.9. The van der Waals surface area contributed by atoms with E-state index in [1.807, 2.05) is 66.7 Å². The van der Waals surface area contributed by atoms with Crippen LogP contribution in [0.2, 0.25) is 0 Å². The summed E-state index contributed by atoms with van der Waals surface area (Å²) in [5.41, 5.74) is 2.82. The molecule has 1 N–H and O–H groups in total. The average Bonchev–Trinajstić information content (AvgIpc) is 3.26. The summed E-state index contributed by atoms with van der Waals surface area (Å²) in [4.78, 5) is 32.8. The number of ether oxygens (including phenoxy) is 3.